The van der Waals surface area contributed by atoms with Crippen LogP contribution < -0.4 is 10.6 Å². The summed E-state index contributed by atoms with van der Waals surface area (Å²) in [6.45, 7) is 2.36. The van der Waals surface area contributed by atoms with Crippen LogP contribution in [0.2, 0.25) is 0 Å². The molecule has 0 radical (unpaired) electrons. The molecule has 2 aromatic carbocycles. The van der Waals surface area contributed by atoms with Gasteiger partial charge in [-0.15, -0.1) is 0 Å². The first-order valence-corrected chi connectivity index (χ1v) is 10.8. The maximum Gasteiger partial charge on any atom is 0.291 e. The summed E-state index contributed by atoms with van der Waals surface area (Å²) in [4.78, 5) is 41.6. The quantitative estimate of drug-likeness (QED) is 0.718. The lowest BCUT2D eigenvalue weighted by Crippen LogP contribution is -2.99. The van der Waals surface area contributed by atoms with E-state index in [9.17, 15) is 18.8 Å². The predicted molar refractivity (Wildman–Crippen MR) is 111 cm³/mol. The number of unbranched alkanes of at least 4 members (excludes halogenated alkanes) is 1. The molecule has 31 heavy (non-hydrogen) atoms. The summed E-state index contributed by atoms with van der Waals surface area (Å²) in [6.07, 6.45) is 2.11. The van der Waals surface area contributed by atoms with Gasteiger partial charge < -0.3 is 10.6 Å². The first-order valence-electron chi connectivity index (χ1n) is 10.8. The number of nitrogens with one attached hydrogen (secondary N) is 1. The van der Waals surface area contributed by atoms with Crippen LogP contribution in [0.4, 0.5) is 10.1 Å². The minimum Gasteiger partial charge on any atom is -0.326 e. The normalized spacial score (nSPS) is 28.9. The number of rotatable bonds is 5. The highest BCUT2D eigenvalue weighted by Crippen LogP contribution is 2.49. The number of fused-ring (bicyclic) bond motifs is 4. The van der Waals surface area contributed by atoms with Crippen LogP contribution in [0.15, 0.2) is 48.5 Å². The molecular weight excluding hydrogens is 397 g/mol. The van der Waals surface area contributed by atoms with Gasteiger partial charge in [-0.05, 0) is 30.2 Å². The number of carbonyl (C=O) groups is 3. The number of carbonyl (C=O) groups excluding carboxylic acids is 3. The van der Waals surface area contributed by atoms with Gasteiger partial charge in [-0.1, -0.05) is 43.7 Å². The fourth-order valence-electron chi connectivity index (χ4n) is 5.60. The van der Waals surface area contributed by atoms with Crippen LogP contribution in [0.25, 0.3) is 0 Å². The third-order valence-corrected chi connectivity index (χ3v) is 6.97. The highest BCUT2D eigenvalue weighted by atomic mass is 19.1. The van der Waals surface area contributed by atoms with E-state index in [1.165, 1.54) is 23.1 Å². The zero-order valence-corrected chi connectivity index (χ0v) is 17.3. The molecular formula is C24H25FN3O3+. The number of hydrogen-bond acceptors (Lipinski definition) is 3. The van der Waals surface area contributed by atoms with Crippen LogP contribution in [-0.4, -0.2) is 35.2 Å². The Hall–Kier alpha value is -3.06. The number of nitrogens with two attached hydrogens (primary N) is 1. The number of imide groups is 1. The van der Waals surface area contributed by atoms with Crippen molar-refractivity contribution in [1.82, 2.24) is 4.90 Å². The molecule has 0 unspecified atom stereocenters. The molecule has 4 atom stereocenters. The molecule has 0 bridgehead atoms. The smallest absolute Gasteiger partial charge is 0.291 e. The minimum absolute atomic E-state index is 0.213. The molecule has 2 saturated heterocycles. The van der Waals surface area contributed by atoms with Gasteiger partial charge >= 0.3 is 0 Å². The highest BCUT2D eigenvalue weighted by molar-refractivity contribution is 6.13. The molecule has 2 aromatic rings. The number of amides is 3. The van der Waals surface area contributed by atoms with Crippen molar-refractivity contribution in [1.29, 1.82) is 0 Å². The van der Waals surface area contributed by atoms with E-state index < -0.39 is 23.2 Å². The van der Waals surface area contributed by atoms with Crippen molar-refractivity contribution in [2.75, 3.05) is 11.9 Å². The Labute approximate surface area is 179 Å². The number of anilines is 1. The van der Waals surface area contributed by atoms with Crippen molar-refractivity contribution in [2.45, 2.75) is 37.8 Å². The average molecular weight is 422 g/mol. The van der Waals surface area contributed by atoms with Gasteiger partial charge in [0.25, 0.3) is 5.91 Å². The fourth-order valence-corrected chi connectivity index (χ4v) is 5.60. The largest absolute Gasteiger partial charge is 0.326 e. The molecule has 0 aromatic heterocycles. The number of likely N-dealkylation sites (tertiary alicyclic amines) is 1. The summed E-state index contributed by atoms with van der Waals surface area (Å²) in [5.74, 6) is -2.81. The van der Waals surface area contributed by atoms with Crippen molar-refractivity contribution in [3.63, 3.8) is 0 Å². The summed E-state index contributed by atoms with van der Waals surface area (Å²) in [6, 6.07) is 13.6. The molecule has 5 rings (SSSR count). The molecule has 3 aliphatic heterocycles. The summed E-state index contributed by atoms with van der Waals surface area (Å²) < 4.78 is 14.2. The lowest BCUT2D eigenvalue weighted by molar-refractivity contribution is -0.733. The third kappa shape index (κ3) is 2.83. The highest BCUT2D eigenvalue weighted by Gasteiger charge is 2.74. The standard InChI is InChI=1S/C24H24FN3O3/c1-2-3-11-28-21(29)19-18(12-14-7-5-4-6-8-14)27-24(20(19)22(28)30)16-13-15(25)9-10-17(16)26-23(24)31/h4-10,13,18-20,27H,2-3,11-12H2,1H3,(H,26,31)/p+1/t18-,19-,20+,24-/m1/s1. The average Bonchev–Trinajstić information content (AvgIpc) is 3.33. The van der Waals surface area contributed by atoms with Crippen molar-refractivity contribution in [2.24, 2.45) is 11.8 Å². The van der Waals surface area contributed by atoms with Gasteiger partial charge in [-0.25, -0.2) is 4.39 Å². The van der Waals surface area contributed by atoms with Gasteiger partial charge in [0.05, 0.1) is 5.69 Å². The van der Waals surface area contributed by atoms with Crippen molar-refractivity contribution < 1.29 is 24.1 Å². The summed E-state index contributed by atoms with van der Waals surface area (Å²) in [5.41, 5.74) is 0.676. The van der Waals surface area contributed by atoms with Gasteiger partial charge in [-0.3, -0.25) is 19.3 Å². The number of quaternary nitrogens is 1. The second kappa shape index (κ2) is 7.27. The molecule has 2 fully saturated rings. The van der Waals surface area contributed by atoms with Crippen molar-refractivity contribution in [3.05, 3.63) is 65.5 Å². The number of hydrogen-bond donors (Lipinski definition) is 2. The molecule has 3 aliphatic rings. The fraction of sp³-hybridized carbons (Fsp3) is 0.375. The predicted octanol–water partition coefficient (Wildman–Crippen LogP) is 1.56. The number of benzene rings is 2. The van der Waals surface area contributed by atoms with Crippen LogP contribution in [0.1, 0.15) is 30.9 Å². The Morgan fingerprint density at radius 2 is 1.87 bits per heavy atom. The summed E-state index contributed by atoms with van der Waals surface area (Å²) in [5, 5.41) is 4.68. The summed E-state index contributed by atoms with van der Waals surface area (Å²) in [7, 11) is 0. The van der Waals surface area contributed by atoms with E-state index in [-0.39, 0.29) is 23.8 Å². The van der Waals surface area contributed by atoms with E-state index in [1.54, 1.807) is 0 Å². The topological polar surface area (TPSA) is 83.1 Å². The zero-order valence-electron chi connectivity index (χ0n) is 17.3. The lowest BCUT2D eigenvalue weighted by atomic mass is 9.76. The Balaban J connectivity index is 1.62. The Kier molecular flexibility index (Phi) is 4.66. The molecule has 7 heteroatoms. The molecule has 6 nitrogen and oxygen atoms in total. The first kappa shape index (κ1) is 19.9. The zero-order chi connectivity index (χ0) is 21.8. The first-order chi connectivity index (χ1) is 15.0. The second-order valence-corrected chi connectivity index (χ2v) is 8.72. The summed E-state index contributed by atoms with van der Waals surface area (Å²) >= 11 is 0. The van der Waals surface area contributed by atoms with Crippen LogP contribution in [0.3, 0.4) is 0 Å². The molecule has 1 spiro atoms. The second-order valence-electron chi connectivity index (χ2n) is 8.72. The molecule has 0 saturated carbocycles. The van der Waals surface area contributed by atoms with E-state index in [4.69, 9.17) is 0 Å². The monoisotopic (exact) mass is 422 g/mol. The van der Waals surface area contributed by atoms with Crippen LogP contribution in [0, 0.1) is 17.7 Å². The van der Waals surface area contributed by atoms with Gasteiger partial charge in [-0.2, -0.15) is 0 Å². The lowest BCUT2D eigenvalue weighted by Gasteiger charge is -2.26. The Morgan fingerprint density at radius 1 is 1.10 bits per heavy atom. The molecule has 3 N–H and O–H groups in total. The van der Waals surface area contributed by atoms with E-state index in [0.717, 1.165) is 12.0 Å². The van der Waals surface area contributed by atoms with Gasteiger partial charge in [0.15, 0.2) is 0 Å². The van der Waals surface area contributed by atoms with Crippen LogP contribution in [0.5, 0.6) is 0 Å². The minimum atomic E-state index is -1.32. The SMILES string of the molecule is CCCCN1C(=O)[C@H]2[C@@H](C1=O)[C@@]1([NH2+][C@@H]2Cc2ccccc2)C(=O)Nc2ccc(F)cc21. The number of nitrogens with zero attached hydrogens (tertiary/aromatic N) is 1. The maximum absolute atomic E-state index is 14.2. The Bertz CT molecular complexity index is 1070. The van der Waals surface area contributed by atoms with Crippen LogP contribution in [-0.2, 0) is 26.3 Å². The van der Waals surface area contributed by atoms with Gasteiger partial charge in [0.1, 0.15) is 23.7 Å². The van der Waals surface area contributed by atoms with Gasteiger partial charge in [0, 0.05) is 18.5 Å². The van der Waals surface area contributed by atoms with E-state index in [2.05, 4.69) is 5.32 Å². The van der Waals surface area contributed by atoms with Crippen molar-refractivity contribution in [3.8, 4) is 0 Å². The number of halogens is 1. The molecule has 160 valence electrons. The van der Waals surface area contributed by atoms with E-state index in [1.807, 2.05) is 42.6 Å². The maximum atomic E-state index is 14.2. The van der Waals surface area contributed by atoms with Crippen LogP contribution >= 0.6 is 0 Å². The Morgan fingerprint density at radius 3 is 2.61 bits per heavy atom. The molecule has 3 heterocycles. The van der Waals surface area contributed by atoms with Gasteiger partial charge in [0.2, 0.25) is 17.4 Å². The van der Waals surface area contributed by atoms with Crippen molar-refractivity contribution >= 4 is 23.4 Å². The van der Waals surface area contributed by atoms with E-state index >= 15 is 0 Å². The molecule has 3 amide bonds. The molecule has 0 aliphatic carbocycles. The van der Waals surface area contributed by atoms with E-state index in [0.29, 0.717) is 30.6 Å². The third-order valence-electron chi connectivity index (χ3n) is 6.97.